The van der Waals surface area contributed by atoms with Gasteiger partial charge in [0.05, 0.1) is 13.0 Å². The standard InChI is InChI=1S/C23H24N2O3/c1-18(23(27)28-2)16-25(17-19-8-4-3-5-9-19)22(26)20-10-12-21(13-11-20)24-14-6-7-15-24/h3-15,18H,16-17H2,1-2H3. The van der Waals surface area contributed by atoms with Crippen LogP contribution in [0.25, 0.3) is 5.69 Å². The van der Waals surface area contributed by atoms with Gasteiger partial charge in [-0.15, -0.1) is 0 Å². The van der Waals surface area contributed by atoms with Gasteiger partial charge >= 0.3 is 5.97 Å². The maximum atomic E-state index is 13.2. The summed E-state index contributed by atoms with van der Waals surface area (Å²) in [5.41, 5.74) is 2.58. The van der Waals surface area contributed by atoms with Gasteiger partial charge in [0.2, 0.25) is 0 Å². The van der Waals surface area contributed by atoms with Crippen LogP contribution in [0.5, 0.6) is 0 Å². The SMILES string of the molecule is COC(=O)C(C)CN(Cc1ccccc1)C(=O)c1ccc(-n2cccc2)cc1. The summed E-state index contributed by atoms with van der Waals surface area (Å²) in [6.45, 7) is 2.49. The lowest BCUT2D eigenvalue weighted by molar-refractivity contribution is -0.145. The third kappa shape index (κ3) is 4.68. The number of hydrogen-bond donors (Lipinski definition) is 0. The number of carbonyl (C=O) groups is 2. The van der Waals surface area contributed by atoms with Crippen LogP contribution in [-0.2, 0) is 16.1 Å². The lowest BCUT2D eigenvalue weighted by atomic mass is 10.1. The molecular weight excluding hydrogens is 352 g/mol. The van der Waals surface area contributed by atoms with Gasteiger partial charge in [-0.05, 0) is 42.0 Å². The minimum atomic E-state index is -0.406. The molecular formula is C23H24N2O3. The van der Waals surface area contributed by atoms with Crippen LogP contribution in [0.4, 0.5) is 0 Å². The second kappa shape index (κ2) is 9.04. The van der Waals surface area contributed by atoms with Crippen molar-refractivity contribution in [1.29, 1.82) is 0 Å². The highest BCUT2D eigenvalue weighted by atomic mass is 16.5. The predicted octanol–water partition coefficient (Wildman–Crippen LogP) is 3.93. The molecule has 5 heteroatoms. The second-order valence-electron chi connectivity index (χ2n) is 6.73. The Hall–Kier alpha value is -3.34. The van der Waals surface area contributed by atoms with Crippen molar-refractivity contribution in [2.45, 2.75) is 13.5 Å². The van der Waals surface area contributed by atoms with Crippen LogP contribution in [0.2, 0.25) is 0 Å². The molecule has 0 fully saturated rings. The molecule has 28 heavy (non-hydrogen) atoms. The first-order chi connectivity index (χ1) is 13.6. The molecule has 1 atom stereocenters. The third-order valence-corrected chi connectivity index (χ3v) is 4.62. The van der Waals surface area contributed by atoms with Gasteiger partial charge in [-0.25, -0.2) is 0 Å². The van der Waals surface area contributed by atoms with Gasteiger partial charge in [0.15, 0.2) is 0 Å². The first kappa shape index (κ1) is 19.4. The van der Waals surface area contributed by atoms with Gasteiger partial charge in [0.1, 0.15) is 0 Å². The van der Waals surface area contributed by atoms with Crippen LogP contribution in [0.1, 0.15) is 22.8 Å². The molecule has 3 aromatic rings. The lowest BCUT2D eigenvalue weighted by Gasteiger charge is -2.25. The van der Waals surface area contributed by atoms with E-state index in [9.17, 15) is 9.59 Å². The van der Waals surface area contributed by atoms with Crippen molar-refractivity contribution in [2.24, 2.45) is 5.92 Å². The Balaban J connectivity index is 1.81. The van der Waals surface area contributed by atoms with Gasteiger partial charge in [0.25, 0.3) is 5.91 Å². The van der Waals surface area contributed by atoms with Gasteiger partial charge in [-0.1, -0.05) is 37.3 Å². The van der Waals surface area contributed by atoms with Crippen LogP contribution < -0.4 is 0 Å². The van der Waals surface area contributed by atoms with Gasteiger partial charge < -0.3 is 14.2 Å². The Kier molecular flexibility index (Phi) is 6.27. The number of carbonyl (C=O) groups excluding carboxylic acids is 2. The molecule has 0 spiro atoms. The smallest absolute Gasteiger partial charge is 0.310 e. The maximum absolute atomic E-state index is 13.2. The van der Waals surface area contributed by atoms with E-state index in [2.05, 4.69) is 0 Å². The third-order valence-electron chi connectivity index (χ3n) is 4.62. The summed E-state index contributed by atoms with van der Waals surface area (Å²) in [5.74, 6) is -0.843. The van der Waals surface area contributed by atoms with E-state index in [1.165, 1.54) is 7.11 Å². The molecule has 0 aliphatic rings. The number of methoxy groups -OCH3 is 1. The Morgan fingerprint density at radius 2 is 1.61 bits per heavy atom. The zero-order valence-electron chi connectivity index (χ0n) is 16.1. The minimum absolute atomic E-state index is 0.112. The van der Waals surface area contributed by atoms with E-state index >= 15 is 0 Å². The summed E-state index contributed by atoms with van der Waals surface area (Å²) < 4.78 is 6.81. The zero-order chi connectivity index (χ0) is 19.9. The highest BCUT2D eigenvalue weighted by Crippen LogP contribution is 2.16. The first-order valence-electron chi connectivity index (χ1n) is 9.23. The highest BCUT2D eigenvalue weighted by Gasteiger charge is 2.23. The van der Waals surface area contributed by atoms with E-state index in [0.717, 1.165) is 11.3 Å². The van der Waals surface area contributed by atoms with Crippen molar-refractivity contribution >= 4 is 11.9 Å². The molecule has 0 saturated heterocycles. The van der Waals surface area contributed by atoms with Crippen LogP contribution in [0, 0.1) is 5.92 Å². The molecule has 1 heterocycles. The number of hydrogen-bond acceptors (Lipinski definition) is 3. The monoisotopic (exact) mass is 376 g/mol. The van der Waals surface area contributed by atoms with Gasteiger partial charge in [-0.3, -0.25) is 9.59 Å². The number of benzene rings is 2. The van der Waals surface area contributed by atoms with E-state index in [1.807, 2.05) is 83.7 Å². The van der Waals surface area contributed by atoms with Crippen molar-refractivity contribution in [2.75, 3.05) is 13.7 Å². The van der Waals surface area contributed by atoms with E-state index < -0.39 is 5.92 Å². The van der Waals surface area contributed by atoms with Crippen molar-refractivity contribution in [3.05, 3.63) is 90.3 Å². The number of rotatable bonds is 7. The fraction of sp³-hybridized carbons (Fsp3) is 0.217. The summed E-state index contributed by atoms with van der Waals surface area (Å²) >= 11 is 0. The summed E-state index contributed by atoms with van der Waals surface area (Å²) in [4.78, 5) is 26.7. The Morgan fingerprint density at radius 3 is 2.21 bits per heavy atom. The molecule has 0 saturated carbocycles. The Bertz CT molecular complexity index is 903. The molecule has 1 aromatic heterocycles. The van der Waals surface area contributed by atoms with Crippen LogP contribution in [-0.4, -0.2) is 35.0 Å². The van der Waals surface area contributed by atoms with Gasteiger partial charge in [0, 0.05) is 36.7 Å². The highest BCUT2D eigenvalue weighted by molar-refractivity contribution is 5.94. The molecule has 1 unspecified atom stereocenters. The fourth-order valence-electron chi connectivity index (χ4n) is 3.09. The summed E-state index contributed by atoms with van der Waals surface area (Å²) in [6.07, 6.45) is 3.91. The normalized spacial score (nSPS) is 11.6. The van der Waals surface area contributed by atoms with E-state index in [0.29, 0.717) is 18.7 Å². The average Bonchev–Trinajstić information content (AvgIpc) is 3.28. The molecule has 0 N–H and O–H groups in total. The fourth-order valence-corrected chi connectivity index (χ4v) is 3.09. The van der Waals surface area contributed by atoms with Crippen molar-refractivity contribution < 1.29 is 14.3 Å². The average molecular weight is 376 g/mol. The number of ether oxygens (including phenoxy) is 1. The summed E-state index contributed by atoms with van der Waals surface area (Å²) in [6, 6.07) is 21.1. The van der Waals surface area contributed by atoms with Gasteiger partial charge in [-0.2, -0.15) is 0 Å². The summed E-state index contributed by atoms with van der Waals surface area (Å²) in [7, 11) is 1.36. The van der Waals surface area contributed by atoms with Crippen LogP contribution in [0.15, 0.2) is 79.1 Å². The number of nitrogens with zero attached hydrogens (tertiary/aromatic N) is 2. The quantitative estimate of drug-likeness (QED) is 0.587. The van der Waals surface area contributed by atoms with E-state index in [4.69, 9.17) is 4.74 Å². The summed E-state index contributed by atoms with van der Waals surface area (Å²) in [5, 5.41) is 0. The topological polar surface area (TPSA) is 51.5 Å². The number of esters is 1. The molecule has 0 aliphatic carbocycles. The Labute approximate surface area is 165 Å². The largest absolute Gasteiger partial charge is 0.469 e. The molecule has 1 amide bonds. The van der Waals surface area contributed by atoms with Crippen molar-refractivity contribution in [3.8, 4) is 5.69 Å². The molecule has 2 aromatic carbocycles. The van der Waals surface area contributed by atoms with E-state index in [-0.39, 0.29) is 11.9 Å². The molecule has 0 bridgehead atoms. The minimum Gasteiger partial charge on any atom is -0.469 e. The van der Waals surface area contributed by atoms with Crippen molar-refractivity contribution in [1.82, 2.24) is 9.47 Å². The molecule has 0 radical (unpaired) electrons. The maximum Gasteiger partial charge on any atom is 0.310 e. The number of aromatic nitrogens is 1. The van der Waals surface area contributed by atoms with Crippen molar-refractivity contribution in [3.63, 3.8) is 0 Å². The van der Waals surface area contributed by atoms with Crippen LogP contribution in [0.3, 0.4) is 0 Å². The zero-order valence-corrected chi connectivity index (χ0v) is 16.1. The molecule has 144 valence electrons. The first-order valence-corrected chi connectivity index (χ1v) is 9.23. The predicted molar refractivity (Wildman–Crippen MR) is 108 cm³/mol. The Morgan fingerprint density at radius 1 is 0.964 bits per heavy atom. The molecule has 0 aliphatic heterocycles. The van der Waals surface area contributed by atoms with Crippen LogP contribution >= 0.6 is 0 Å². The molecule has 5 nitrogen and oxygen atoms in total. The lowest BCUT2D eigenvalue weighted by Crippen LogP contribution is -2.36. The number of amides is 1. The second-order valence-corrected chi connectivity index (χ2v) is 6.73. The molecule has 3 rings (SSSR count). The van der Waals surface area contributed by atoms with E-state index in [1.54, 1.807) is 11.8 Å².